The van der Waals surface area contributed by atoms with Gasteiger partial charge in [-0.2, -0.15) is 4.98 Å². The fraction of sp³-hybridized carbons (Fsp3) is 0.565. The zero-order valence-electron chi connectivity index (χ0n) is 24.6. The summed E-state index contributed by atoms with van der Waals surface area (Å²) in [7, 11) is -9.84. The highest BCUT2D eigenvalue weighted by molar-refractivity contribution is 7.47. The van der Waals surface area contributed by atoms with Gasteiger partial charge in [-0.05, 0) is 6.92 Å². The van der Waals surface area contributed by atoms with Crippen LogP contribution in [-0.4, -0.2) is 99.2 Å². The molecule has 3 aliphatic rings. The van der Waals surface area contributed by atoms with Crippen molar-refractivity contribution in [2.24, 2.45) is 5.92 Å². The number of nitrogens with one attached hydrogen (secondary N) is 1. The van der Waals surface area contributed by atoms with E-state index >= 15 is 0 Å². The van der Waals surface area contributed by atoms with Gasteiger partial charge in [0.05, 0.1) is 25.9 Å². The molecule has 4 aromatic heterocycles. The Morgan fingerprint density at radius 3 is 2.30 bits per heavy atom. The van der Waals surface area contributed by atoms with Crippen LogP contribution in [0.2, 0.25) is 0 Å². The van der Waals surface area contributed by atoms with Crippen LogP contribution < -0.4 is 17.0 Å². The zero-order chi connectivity index (χ0) is 33.2. The summed E-state index contributed by atoms with van der Waals surface area (Å²) in [5.41, 5.74) is 11.5. The lowest BCUT2D eigenvalue weighted by molar-refractivity contribution is -0.0677. The van der Waals surface area contributed by atoms with Gasteiger partial charge in [0.15, 0.2) is 28.9 Å². The number of aromatic amines is 1. The first-order valence-corrected chi connectivity index (χ1v) is 17.2. The number of nitrogen functional groups attached to an aromatic ring is 2. The van der Waals surface area contributed by atoms with Crippen LogP contribution in [0.25, 0.3) is 22.3 Å². The van der Waals surface area contributed by atoms with Crippen molar-refractivity contribution in [2.75, 3.05) is 31.3 Å². The van der Waals surface area contributed by atoms with E-state index < -0.39 is 83.3 Å². The van der Waals surface area contributed by atoms with Gasteiger partial charge < -0.3 is 35.5 Å². The highest BCUT2D eigenvalue weighted by Gasteiger charge is 2.54. The average molecular weight is 700 g/mol. The van der Waals surface area contributed by atoms with Gasteiger partial charge in [0.2, 0.25) is 5.95 Å². The molecule has 4 unspecified atom stereocenters. The van der Waals surface area contributed by atoms with Gasteiger partial charge in [-0.1, -0.05) is 6.92 Å². The maximum absolute atomic E-state index is 13.5. The largest absolute Gasteiger partial charge is 0.472 e. The highest BCUT2D eigenvalue weighted by atomic mass is 31.2. The van der Waals surface area contributed by atoms with Crippen LogP contribution in [0, 0.1) is 5.92 Å². The van der Waals surface area contributed by atoms with Crippen molar-refractivity contribution < 1.29 is 51.2 Å². The summed E-state index contributed by atoms with van der Waals surface area (Å²) in [6.07, 6.45) is -4.52. The minimum Gasteiger partial charge on any atom is -0.382 e. The first-order valence-electron chi connectivity index (χ1n) is 14.2. The Balaban J connectivity index is 1.23. The van der Waals surface area contributed by atoms with Gasteiger partial charge in [-0.15, -0.1) is 0 Å². The number of aromatic nitrogens is 8. The normalized spacial score (nSPS) is 36.6. The summed E-state index contributed by atoms with van der Waals surface area (Å²) in [5.74, 6) is -0.782. The molecule has 10 atom stereocenters. The number of phosphoric acid groups is 2. The van der Waals surface area contributed by atoms with E-state index in [4.69, 9.17) is 43.8 Å². The summed E-state index contributed by atoms with van der Waals surface area (Å²) in [6.45, 7) is 2.17. The second-order valence-electron chi connectivity index (χ2n) is 10.9. The number of H-pyrrole nitrogens is 1. The van der Waals surface area contributed by atoms with E-state index in [2.05, 4.69) is 29.9 Å². The number of fused-ring (bicyclic) bond motifs is 5. The third kappa shape index (κ3) is 5.85. The van der Waals surface area contributed by atoms with Crippen molar-refractivity contribution in [3.8, 4) is 0 Å². The average Bonchev–Trinajstić information content (AvgIpc) is 3.76. The van der Waals surface area contributed by atoms with Crippen LogP contribution in [0.1, 0.15) is 26.3 Å². The summed E-state index contributed by atoms with van der Waals surface area (Å²) in [5, 5.41) is 0. The van der Waals surface area contributed by atoms with E-state index in [0.29, 0.717) is 11.2 Å². The molecule has 3 saturated heterocycles. The second-order valence-corrected chi connectivity index (χ2v) is 13.7. The summed E-state index contributed by atoms with van der Waals surface area (Å²) >= 11 is 0. The number of ether oxygens (including phenoxy) is 3. The van der Waals surface area contributed by atoms with Crippen LogP contribution in [0.5, 0.6) is 0 Å². The number of rotatable bonds is 4. The van der Waals surface area contributed by atoms with Crippen LogP contribution in [0.15, 0.2) is 23.8 Å². The summed E-state index contributed by atoms with van der Waals surface area (Å²) in [6, 6.07) is 0. The van der Waals surface area contributed by atoms with Gasteiger partial charge in [-0.25, -0.2) is 29.1 Å². The lowest BCUT2D eigenvalue weighted by Gasteiger charge is -2.26. The predicted octanol–water partition coefficient (Wildman–Crippen LogP) is -0.0221. The molecule has 0 aromatic carbocycles. The monoisotopic (exact) mass is 700 g/mol. The maximum atomic E-state index is 13.5. The van der Waals surface area contributed by atoms with E-state index in [1.54, 1.807) is 13.8 Å². The van der Waals surface area contributed by atoms with Gasteiger partial charge in [0.1, 0.15) is 48.6 Å². The maximum Gasteiger partial charge on any atom is 0.472 e. The molecule has 0 radical (unpaired) electrons. The molecule has 0 amide bonds. The van der Waals surface area contributed by atoms with Gasteiger partial charge >= 0.3 is 15.6 Å². The fourth-order valence-corrected chi connectivity index (χ4v) is 7.92. The molecule has 3 aliphatic heterocycles. The molecular weight excluding hydrogens is 670 g/mol. The molecule has 4 aromatic rings. The Bertz CT molecular complexity index is 1970. The quantitative estimate of drug-likeness (QED) is 0.175. The second kappa shape index (κ2) is 11.9. The number of hydrogen-bond donors (Lipinski definition) is 5. The Morgan fingerprint density at radius 2 is 1.57 bits per heavy atom. The van der Waals surface area contributed by atoms with E-state index in [1.807, 2.05) is 0 Å². The van der Waals surface area contributed by atoms with Crippen molar-refractivity contribution in [1.29, 1.82) is 0 Å². The molecule has 24 heteroatoms. The number of imidazole rings is 2. The minimum atomic E-state index is -4.98. The third-order valence-corrected chi connectivity index (χ3v) is 9.96. The molecule has 7 rings (SSSR count). The fourth-order valence-electron chi connectivity index (χ4n) is 5.96. The first kappa shape index (κ1) is 32.2. The Hall–Kier alpha value is -3.40. The molecule has 3 fully saturated rings. The van der Waals surface area contributed by atoms with Crippen molar-refractivity contribution in [3.63, 3.8) is 0 Å². The van der Waals surface area contributed by atoms with Crippen molar-refractivity contribution >= 4 is 49.7 Å². The van der Waals surface area contributed by atoms with E-state index in [-0.39, 0.29) is 29.5 Å². The van der Waals surface area contributed by atoms with Gasteiger partial charge in [0.25, 0.3) is 5.56 Å². The summed E-state index contributed by atoms with van der Waals surface area (Å²) in [4.78, 5) is 57.1. The lowest BCUT2D eigenvalue weighted by atomic mass is 10.0. The van der Waals surface area contributed by atoms with E-state index in [0.717, 1.165) is 0 Å². The Morgan fingerprint density at radius 1 is 0.936 bits per heavy atom. The molecule has 254 valence electrons. The molecular formula is C23H30N10O12P2. The molecule has 0 aliphatic carbocycles. The molecule has 7 N–H and O–H groups in total. The predicted molar refractivity (Wildman–Crippen MR) is 156 cm³/mol. The van der Waals surface area contributed by atoms with E-state index in [1.165, 1.54) is 28.1 Å². The number of hydrogen-bond acceptors (Lipinski definition) is 17. The van der Waals surface area contributed by atoms with Crippen LogP contribution in [-0.2, 0) is 41.4 Å². The lowest BCUT2D eigenvalue weighted by Crippen LogP contribution is -2.38. The molecule has 7 heterocycles. The number of anilines is 2. The standard InChI is InChI=1S/C23H30N10O12P2/c1-3-39-15-11-5-41-46(35,36)44-14-9(2)21(32-7-28-12-17(24)26-6-27-18(12)32)42-10(14)4-40-47(37,38)45-16(15)22(43-11)33-8-29-13-19(33)30-23(25)31-20(13)34/h6-11,14-16,21-22H,3-5H2,1-2H3,(H,35,36)(H,37,38)(H2,24,26,27)(H3,25,30,31,34)/t9-,10+,11+,14?,15?,16-,21+,22+/m0/s1. The third-order valence-electron chi connectivity index (χ3n) is 7.99. The number of nitrogens with zero attached hydrogens (tertiary/aromatic N) is 7. The topological polar surface area (TPSA) is 298 Å². The zero-order valence-corrected chi connectivity index (χ0v) is 26.4. The summed E-state index contributed by atoms with van der Waals surface area (Å²) < 4.78 is 69.8. The first-order chi connectivity index (χ1) is 22.4. The smallest absolute Gasteiger partial charge is 0.382 e. The molecule has 2 bridgehead atoms. The van der Waals surface area contributed by atoms with Crippen molar-refractivity contribution in [2.45, 2.75) is 56.8 Å². The number of phosphoric ester groups is 2. The molecule has 22 nitrogen and oxygen atoms in total. The van der Waals surface area contributed by atoms with Crippen molar-refractivity contribution in [3.05, 3.63) is 29.3 Å². The number of nitrogens with two attached hydrogens (primary N) is 2. The molecule has 47 heavy (non-hydrogen) atoms. The van der Waals surface area contributed by atoms with Crippen LogP contribution >= 0.6 is 15.6 Å². The van der Waals surface area contributed by atoms with Gasteiger partial charge in [-0.3, -0.25) is 37.0 Å². The SMILES string of the molecule is CCOC1[C@H]2COP(=O)(O)OC3[C@@H](COP(=O)(O)O[C@@H]1[C@H](n1cnc4c(=O)[nH]c(N)nc41)O2)O[C@@H](n1cnc2c(N)ncnc21)[C@H]3C. The molecule has 0 saturated carbocycles. The highest BCUT2D eigenvalue weighted by Crippen LogP contribution is 2.55. The van der Waals surface area contributed by atoms with E-state index in [9.17, 15) is 23.7 Å². The van der Waals surface area contributed by atoms with Crippen LogP contribution in [0.3, 0.4) is 0 Å². The van der Waals surface area contributed by atoms with Crippen molar-refractivity contribution in [1.82, 2.24) is 39.0 Å². The molecule has 0 spiro atoms. The minimum absolute atomic E-state index is 0.0334. The van der Waals surface area contributed by atoms with Gasteiger partial charge in [0, 0.05) is 12.5 Å². The van der Waals surface area contributed by atoms with Crippen LogP contribution in [0.4, 0.5) is 11.8 Å². The Labute approximate surface area is 263 Å². The Kier molecular flexibility index (Phi) is 8.17.